The summed E-state index contributed by atoms with van der Waals surface area (Å²) in [5.74, 6) is -3.65. The van der Waals surface area contributed by atoms with Gasteiger partial charge >= 0.3 is 5.97 Å². The van der Waals surface area contributed by atoms with Crippen molar-refractivity contribution in [2.75, 3.05) is 13.1 Å². The fourth-order valence-corrected chi connectivity index (χ4v) is 3.65. The number of carbonyl (C=O) groups is 1. The summed E-state index contributed by atoms with van der Waals surface area (Å²) in [5.41, 5.74) is 0. The van der Waals surface area contributed by atoms with Crippen LogP contribution in [0.15, 0.2) is 23.1 Å². The molecule has 0 aromatic heterocycles. The summed E-state index contributed by atoms with van der Waals surface area (Å²) in [7, 11) is -4.24. The summed E-state index contributed by atoms with van der Waals surface area (Å²) >= 11 is 0. The lowest BCUT2D eigenvalue weighted by Crippen LogP contribution is -2.50. The molecule has 0 unspecified atom stereocenters. The van der Waals surface area contributed by atoms with E-state index in [-0.39, 0.29) is 25.4 Å². The zero-order chi connectivity index (χ0) is 14.2. The molecular weight excluding hydrogens is 280 g/mol. The second-order valence-corrected chi connectivity index (χ2v) is 6.21. The summed E-state index contributed by atoms with van der Waals surface area (Å²) in [6.07, 6.45) is -0.161. The van der Waals surface area contributed by atoms with E-state index in [1.807, 2.05) is 0 Å². The van der Waals surface area contributed by atoms with Gasteiger partial charge in [0.05, 0.1) is 6.42 Å². The third kappa shape index (κ3) is 2.59. The highest BCUT2D eigenvalue weighted by molar-refractivity contribution is 7.89. The Morgan fingerprint density at radius 2 is 1.84 bits per heavy atom. The molecule has 5 nitrogen and oxygen atoms in total. The molecule has 104 valence electrons. The minimum atomic E-state index is -4.24. The number of carboxylic acid groups (broad SMARTS) is 1. The second-order valence-electron chi connectivity index (χ2n) is 4.34. The molecule has 0 atom stereocenters. The first-order chi connectivity index (χ1) is 8.82. The second kappa shape index (κ2) is 4.86. The van der Waals surface area contributed by atoms with Crippen LogP contribution in [-0.4, -0.2) is 36.9 Å². The van der Waals surface area contributed by atoms with Crippen LogP contribution >= 0.6 is 0 Å². The number of rotatable bonds is 4. The van der Waals surface area contributed by atoms with Crippen LogP contribution in [0, 0.1) is 17.6 Å². The molecule has 0 radical (unpaired) electrons. The lowest BCUT2D eigenvalue weighted by molar-refractivity contribution is -0.139. The topological polar surface area (TPSA) is 74.7 Å². The number of carboxylic acids is 1. The Labute approximate surface area is 108 Å². The molecule has 0 saturated carbocycles. The molecule has 19 heavy (non-hydrogen) atoms. The maximum Gasteiger partial charge on any atom is 0.303 e. The van der Waals surface area contributed by atoms with Gasteiger partial charge < -0.3 is 5.11 Å². The van der Waals surface area contributed by atoms with Crippen LogP contribution in [0.25, 0.3) is 0 Å². The number of nitrogens with zero attached hydrogens (tertiary/aromatic N) is 1. The van der Waals surface area contributed by atoms with Gasteiger partial charge in [-0.3, -0.25) is 4.79 Å². The average molecular weight is 291 g/mol. The van der Waals surface area contributed by atoms with Gasteiger partial charge in [0.2, 0.25) is 10.0 Å². The first-order valence-corrected chi connectivity index (χ1v) is 6.92. The summed E-state index contributed by atoms with van der Waals surface area (Å²) < 4.78 is 51.7. The van der Waals surface area contributed by atoms with Gasteiger partial charge in [0.15, 0.2) is 4.90 Å². The first-order valence-electron chi connectivity index (χ1n) is 5.48. The predicted molar refractivity (Wildman–Crippen MR) is 60.9 cm³/mol. The number of hydrogen-bond donors (Lipinski definition) is 1. The third-order valence-corrected chi connectivity index (χ3v) is 4.79. The highest BCUT2D eigenvalue weighted by atomic mass is 32.2. The molecule has 1 N–H and O–H groups in total. The van der Waals surface area contributed by atoms with Crippen molar-refractivity contribution in [3.63, 3.8) is 0 Å². The van der Waals surface area contributed by atoms with E-state index in [0.29, 0.717) is 0 Å². The maximum atomic E-state index is 13.4. The van der Waals surface area contributed by atoms with Gasteiger partial charge in [-0.1, -0.05) is 6.07 Å². The Morgan fingerprint density at radius 3 is 2.32 bits per heavy atom. The van der Waals surface area contributed by atoms with Crippen LogP contribution < -0.4 is 0 Å². The molecule has 0 aliphatic carbocycles. The summed E-state index contributed by atoms with van der Waals surface area (Å²) in [4.78, 5) is 9.47. The zero-order valence-electron chi connectivity index (χ0n) is 9.71. The molecule has 0 amide bonds. The quantitative estimate of drug-likeness (QED) is 0.900. The van der Waals surface area contributed by atoms with E-state index in [4.69, 9.17) is 5.11 Å². The van der Waals surface area contributed by atoms with Gasteiger partial charge in [0, 0.05) is 13.1 Å². The van der Waals surface area contributed by atoms with Crippen LogP contribution in [0.2, 0.25) is 0 Å². The monoisotopic (exact) mass is 291 g/mol. The molecule has 0 bridgehead atoms. The number of sulfonamides is 1. The number of hydrogen-bond acceptors (Lipinski definition) is 3. The molecule has 0 spiro atoms. The fraction of sp³-hybridized carbons (Fsp3) is 0.364. The van der Waals surface area contributed by atoms with Crippen molar-refractivity contribution in [3.8, 4) is 0 Å². The SMILES string of the molecule is O=C(O)CC1CN(S(=O)(=O)c2c(F)cccc2F)C1. The van der Waals surface area contributed by atoms with Gasteiger partial charge in [-0.25, -0.2) is 17.2 Å². The summed E-state index contributed by atoms with van der Waals surface area (Å²) in [6.45, 7) is -0.0786. The van der Waals surface area contributed by atoms with Crippen LogP contribution in [0.4, 0.5) is 8.78 Å². The van der Waals surface area contributed by atoms with Gasteiger partial charge in [-0.15, -0.1) is 0 Å². The Balaban J connectivity index is 2.19. The van der Waals surface area contributed by atoms with Crippen molar-refractivity contribution in [1.82, 2.24) is 4.31 Å². The van der Waals surface area contributed by atoms with Crippen LogP contribution in [0.5, 0.6) is 0 Å². The minimum Gasteiger partial charge on any atom is -0.481 e. The molecule has 1 aromatic carbocycles. The number of halogens is 2. The average Bonchev–Trinajstić information content (AvgIpc) is 2.21. The van der Waals surface area contributed by atoms with E-state index in [9.17, 15) is 22.0 Å². The van der Waals surface area contributed by atoms with Gasteiger partial charge in [0.25, 0.3) is 0 Å². The normalized spacial score (nSPS) is 17.2. The van der Waals surface area contributed by atoms with Gasteiger partial charge in [-0.05, 0) is 18.1 Å². The van der Waals surface area contributed by atoms with Crippen molar-refractivity contribution in [1.29, 1.82) is 0 Å². The molecular formula is C11H11F2NO4S. The standard InChI is InChI=1S/C11H11F2NO4S/c12-8-2-1-3-9(13)11(8)19(17,18)14-5-7(6-14)4-10(15)16/h1-3,7H,4-6H2,(H,15,16). The largest absolute Gasteiger partial charge is 0.481 e. The molecule has 2 rings (SSSR count). The van der Waals surface area contributed by atoms with Crippen LogP contribution in [0.3, 0.4) is 0 Å². The first kappa shape index (κ1) is 13.9. The minimum absolute atomic E-state index is 0.0393. The van der Waals surface area contributed by atoms with Crippen molar-refractivity contribution in [3.05, 3.63) is 29.8 Å². The van der Waals surface area contributed by atoms with E-state index in [1.165, 1.54) is 0 Å². The molecule has 1 heterocycles. The van der Waals surface area contributed by atoms with Gasteiger partial charge in [0.1, 0.15) is 11.6 Å². The third-order valence-electron chi connectivity index (χ3n) is 2.90. The highest BCUT2D eigenvalue weighted by Gasteiger charge is 2.40. The van der Waals surface area contributed by atoms with E-state index in [2.05, 4.69) is 0 Å². The Kier molecular flexibility index (Phi) is 3.55. The molecule has 8 heteroatoms. The molecule has 1 aliphatic rings. The summed E-state index contributed by atoms with van der Waals surface area (Å²) in [5, 5.41) is 8.56. The molecule has 1 saturated heterocycles. The van der Waals surface area contributed by atoms with E-state index < -0.39 is 32.5 Å². The summed E-state index contributed by atoms with van der Waals surface area (Å²) in [6, 6.07) is 2.81. The lowest BCUT2D eigenvalue weighted by atomic mass is 10.00. The number of aliphatic carboxylic acids is 1. The van der Waals surface area contributed by atoms with Gasteiger partial charge in [-0.2, -0.15) is 4.31 Å². The highest BCUT2D eigenvalue weighted by Crippen LogP contribution is 2.29. The molecule has 1 aliphatic heterocycles. The fourth-order valence-electron chi connectivity index (χ4n) is 1.95. The molecule has 1 aromatic rings. The van der Waals surface area contributed by atoms with Crippen LogP contribution in [-0.2, 0) is 14.8 Å². The van der Waals surface area contributed by atoms with Crippen LogP contribution in [0.1, 0.15) is 6.42 Å². The number of benzene rings is 1. The van der Waals surface area contributed by atoms with E-state index in [0.717, 1.165) is 22.5 Å². The van der Waals surface area contributed by atoms with E-state index in [1.54, 1.807) is 0 Å². The Morgan fingerprint density at radius 1 is 1.32 bits per heavy atom. The van der Waals surface area contributed by atoms with E-state index >= 15 is 0 Å². The van der Waals surface area contributed by atoms with Crippen molar-refractivity contribution in [2.24, 2.45) is 5.92 Å². The maximum absolute atomic E-state index is 13.4. The Hall–Kier alpha value is -1.54. The van der Waals surface area contributed by atoms with Crippen molar-refractivity contribution >= 4 is 16.0 Å². The predicted octanol–water partition coefficient (Wildman–Crippen LogP) is 1.06. The smallest absolute Gasteiger partial charge is 0.303 e. The van der Waals surface area contributed by atoms with Crippen molar-refractivity contribution < 1.29 is 27.1 Å². The zero-order valence-corrected chi connectivity index (χ0v) is 10.5. The lowest BCUT2D eigenvalue weighted by Gasteiger charge is -2.37. The Bertz CT molecular complexity index is 591. The van der Waals surface area contributed by atoms with Crippen molar-refractivity contribution in [2.45, 2.75) is 11.3 Å². The molecule has 1 fully saturated rings.